The van der Waals surface area contributed by atoms with Crippen LogP contribution in [0.3, 0.4) is 0 Å². The van der Waals surface area contributed by atoms with Gasteiger partial charge in [-0.1, -0.05) is 41.9 Å². The second-order valence-electron chi connectivity index (χ2n) is 6.41. The number of aryl methyl sites for hydroxylation is 1. The molecule has 0 atom stereocenters. The lowest BCUT2D eigenvalue weighted by atomic mass is 10.1. The third-order valence-corrected chi connectivity index (χ3v) is 4.79. The minimum Gasteiger partial charge on any atom is -0.450 e. The molecule has 4 aromatic rings. The number of carbonyl (C=O) groups excluding carboxylic acids is 2. The van der Waals surface area contributed by atoms with E-state index in [1.54, 1.807) is 42.5 Å². The summed E-state index contributed by atoms with van der Waals surface area (Å²) in [6.07, 6.45) is 0. The van der Waals surface area contributed by atoms with E-state index in [2.05, 4.69) is 5.32 Å². The van der Waals surface area contributed by atoms with Gasteiger partial charge < -0.3 is 9.73 Å². The highest BCUT2D eigenvalue weighted by molar-refractivity contribution is 6.30. The van der Waals surface area contributed by atoms with Gasteiger partial charge in [0.2, 0.25) is 5.78 Å². The normalized spacial score (nSPS) is 10.8. The number of hydrogen-bond acceptors (Lipinski definition) is 3. The number of amides is 1. The lowest BCUT2D eigenvalue weighted by Crippen LogP contribution is -2.15. The number of hydrogen-bond donors (Lipinski definition) is 1. The highest BCUT2D eigenvalue weighted by Gasteiger charge is 2.24. The highest BCUT2D eigenvalue weighted by Crippen LogP contribution is 2.33. The lowest BCUT2D eigenvalue weighted by Gasteiger charge is -2.08. The fraction of sp³-hybridized carbons (Fsp3) is 0.0435. The van der Waals surface area contributed by atoms with Crippen molar-refractivity contribution in [2.24, 2.45) is 0 Å². The molecule has 0 aliphatic rings. The van der Waals surface area contributed by atoms with Crippen molar-refractivity contribution in [2.45, 2.75) is 6.92 Å². The van der Waals surface area contributed by atoms with Crippen LogP contribution >= 0.6 is 11.6 Å². The topological polar surface area (TPSA) is 59.3 Å². The molecular weight excluding hydrogens is 374 g/mol. The Morgan fingerprint density at radius 2 is 1.57 bits per heavy atom. The van der Waals surface area contributed by atoms with Gasteiger partial charge in [-0.3, -0.25) is 9.59 Å². The SMILES string of the molecule is Cc1ccccc1C(=O)Nc1c(C(=O)c2ccc(Cl)cc2)oc2ccccc12. The maximum absolute atomic E-state index is 13.0. The largest absolute Gasteiger partial charge is 0.450 e. The predicted octanol–water partition coefficient (Wildman–Crippen LogP) is 5.88. The predicted molar refractivity (Wildman–Crippen MR) is 110 cm³/mol. The molecule has 0 saturated heterocycles. The van der Waals surface area contributed by atoms with E-state index in [0.29, 0.717) is 32.8 Å². The van der Waals surface area contributed by atoms with E-state index in [4.69, 9.17) is 16.0 Å². The lowest BCUT2D eigenvalue weighted by molar-refractivity contribution is 0.101. The van der Waals surface area contributed by atoms with E-state index in [1.165, 1.54) is 0 Å². The van der Waals surface area contributed by atoms with E-state index in [-0.39, 0.29) is 17.5 Å². The van der Waals surface area contributed by atoms with Crippen molar-refractivity contribution >= 4 is 39.9 Å². The monoisotopic (exact) mass is 389 g/mol. The molecule has 4 nitrogen and oxygen atoms in total. The Bertz CT molecular complexity index is 1190. The number of anilines is 1. The molecule has 0 unspecified atom stereocenters. The molecule has 0 aliphatic carbocycles. The molecule has 1 amide bonds. The summed E-state index contributed by atoms with van der Waals surface area (Å²) in [7, 11) is 0. The van der Waals surface area contributed by atoms with Crippen LogP contribution < -0.4 is 5.32 Å². The highest BCUT2D eigenvalue weighted by atomic mass is 35.5. The Kier molecular flexibility index (Phi) is 4.72. The number of rotatable bonds is 4. The van der Waals surface area contributed by atoms with Crippen LogP contribution in [-0.4, -0.2) is 11.7 Å². The van der Waals surface area contributed by atoms with Crippen LogP contribution in [0.1, 0.15) is 32.0 Å². The first-order valence-electron chi connectivity index (χ1n) is 8.73. The van der Waals surface area contributed by atoms with E-state index in [1.807, 2.05) is 37.3 Å². The van der Waals surface area contributed by atoms with Crippen LogP contribution in [0.5, 0.6) is 0 Å². The van der Waals surface area contributed by atoms with Gasteiger partial charge in [-0.25, -0.2) is 0 Å². The van der Waals surface area contributed by atoms with Crippen LogP contribution in [0.25, 0.3) is 11.0 Å². The third-order valence-electron chi connectivity index (χ3n) is 4.54. The quantitative estimate of drug-likeness (QED) is 0.443. The molecule has 138 valence electrons. The molecule has 0 bridgehead atoms. The second kappa shape index (κ2) is 7.33. The van der Waals surface area contributed by atoms with E-state index in [9.17, 15) is 9.59 Å². The summed E-state index contributed by atoms with van der Waals surface area (Å²) >= 11 is 5.92. The molecular formula is C23H16ClNO3. The van der Waals surface area contributed by atoms with Gasteiger partial charge in [0.05, 0.1) is 5.69 Å². The Balaban J connectivity index is 1.79. The average molecular weight is 390 g/mol. The standard InChI is InChI=1S/C23H16ClNO3/c1-14-6-2-3-7-17(14)23(27)25-20-18-8-4-5-9-19(18)28-22(20)21(26)15-10-12-16(24)13-11-15/h2-13H,1H3,(H,25,27). The van der Waals surface area contributed by atoms with Crippen molar-refractivity contribution < 1.29 is 14.0 Å². The summed E-state index contributed by atoms with van der Waals surface area (Å²) in [5.74, 6) is -0.534. The average Bonchev–Trinajstić information content (AvgIpc) is 3.07. The Hall–Kier alpha value is -3.37. The van der Waals surface area contributed by atoms with Gasteiger partial charge in [0.15, 0.2) is 5.76 Å². The van der Waals surface area contributed by atoms with Gasteiger partial charge in [0.1, 0.15) is 5.58 Å². The molecule has 0 fully saturated rings. The number of fused-ring (bicyclic) bond motifs is 1. The first-order valence-corrected chi connectivity index (χ1v) is 9.11. The summed E-state index contributed by atoms with van der Waals surface area (Å²) in [4.78, 5) is 25.9. The maximum atomic E-state index is 13.0. The van der Waals surface area contributed by atoms with Gasteiger partial charge in [-0.05, 0) is 55.0 Å². The smallest absolute Gasteiger partial charge is 0.256 e. The molecule has 1 N–H and O–H groups in total. The van der Waals surface area contributed by atoms with Crippen LogP contribution in [0, 0.1) is 6.92 Å². The van der Waals surface area contributed by atoms with Crippen molar-refractivity contribution in [1.29, 1.82) is 0 Å². The molecule has 5 heteroatoms. The van der Waals surface area contributed by atoms with Gasteiger partial charge in [-0.2, -0.15) is 0 Å². The number of benzene rings is 3. The maximum Gasteiger partial charge on any atom is 0.256 e. The summed E-state index contributed by atoms with van der Waals surface area (Å²) in [5.41, 5.74) is 2.70. The van der Waals surface area contributed by atoms with Crippen molar-refractivity contribution in [2.75, 3.05) is 5.32 Å². The first kappa shape index (κ1) is 18.0. The number of carbonyl (C=O) groups is 2. The molecule has 0 aliphatic heterocycles. The second-order valence-corrected chi connectivity index (χ2v) is 6.84. The first-order chi connectivity index (χ1) is 13.5. The number of furan rings is 1. The molecule has 3 aromatic carbocycles. The summed E-state index contributed by atoms with van der Waals surface area (Å²) in [6.45, 7) is 1.86. The van der Waals surface area contributed by atoms with Gasteiger partial charge in [-0.15, -0.1) is 0 Å². The number of ketones is 1. The fourth-order valence-corrected chi connectivity index (χ4v) is 3.20. The van der Waals surface area contributed by atoms with Crippen LogP contribution in [-0.2, 0) is 0 Å². The molecule has 1 aromatic heterocycles. The zero-order valence-corrected chi connectivity index (χ0v) is 15.8. The third kappa shape index (κ3) is 3.30. The Morgan fingerprint density at radius 3 is 2.32 bits per heavy atom. The van der Waals surface area contributed by atoms with Crippen LogP contribution in [0.4, 0.5) is 5.69 Å². The van der Waals surface area contributed by atoms with E-state index in [0.717, 1.165) is 5.56 Å². The van der Waals surface area contributed by atoms with Crippen molar-refractivity contribution in [3.63, 3.8) is 0 Å². The summed E-state index contributed by atoms with van der Waals surface area (Å²) in [5, 5.41) is 4.08. The van der Waals surface area contributed by atoms with Crippen molar-refractivity contribution in [3.8, 4) is 0 Å². The van der Waals surface area contributed by atoms with Gasteiger partial charge in [0.25, 0.3) is 5.91 Å². The van der Waals surface area contributed by atoms with Gasteiger partial charge in [0, 0.05) is 21.5 Å². The molecule has 28 heavy (non-hydrogen) atoms. The van der Waals surface area contributed by atoms with Crippen molar-refractivity contribution in [3.05, 3.63) is 100 Å². The molecule has 4 rings (SSSR count). The minimum absolute atomic E-state index is 0.0884. The van der Waals surface area contributed by atoms with Crippen LogP contribution in [0.15, 0.2) is 77.2 Å². The fourth-order valence-electron chi connectivity index (χ4n) is 3.07. The number of nitrogens with one attached hydrogen (secondary N) is 1. The summed E-state index contributed by atoms with van der Waals surface area (Å²) in [6, 6.07) is 21.0. The van der Waals surface area contributed by atoms with Gasteiger partial charge >= 0.3 is 0 Å². The number of halogens is 1. The number of para-hydroxylation sites is 1. The molecule has 0 saturated carbocycles. The van der Waals surface area contributed by atoms with Crippen LogP contribution in [0.2, 0.25) is 5.02 Å². The minimum atomic E-state index is -0.326. The molecule has 1 heterocycles. The molecule has 0 spiro atoms. The zero-order valence-electron chi connectivity index (χ0n) is 15.0. The van der Waals surface area contributed by atoms with E-state index < -0.39 is 0 Å². The Labute approximate surface area is 166 Å². The Morgan fingerprint density at radius 1 is 0.893 bits per heavy atom. The zero-order chi connectivity index (χ0) is 19.7. The summed E-state index contributed by atoms with van der Waals surface area (Å²) < 4.78 is 5.82. The molecule has 0 radical (unpaired) electrons. The van der Waals surface area contributed by atoms with Crippen molar-refractivity contribution in [1.82, 2.24) is 0 Å². The van der Waals surface area contributed by atoms with E-state index >= 15 is 0 Å².